The second-order valence-electron chi connectivity index (χ2n) is 6.62. The van der Waals surface area contributed by atoms with Crippen LogP contribution in [0.15, 0.2) is 17.1 Å². The largest absolute Gasteiger partial charge is 0.495 e. The number of methoxy groups -OCH3 is 1. The maximum Gasteiger partial charge on any atom is 0.252 e. The van der Waals surface area contributed by atoms with E-state index in [9.17, 15) is 13.2 Å². The lowest BCUT2D eigenvalue weighted by atomic mass is 9.99. The highest BCUT2D eigenvalue weighted by atomic mass is 32.2. The number of benzene rings is 1. The van der Waals surface area contributed by atoms with Crippen molar-refractivity contribution >= 4 is 37.5 Å². The number of piperidine rings is 1. The van der Waals surface area contributed by atoms with Gasteiger partial charge in [0.05, 0.1) is 24.0 Å². The minimum Gasteiger partial charge on any atom is -0.495 e. The number of fused-ring (bicyclic) bond motifs is 1. The number of carbonyl (C=O) groups excluding carboxylic acids is 1. The van der Waals surface area contributed by atoms with Gasteiger partial charge in [-0.1, -0.05) is 17.4 Å². The van der Waals surface area contributed by atoms with Crippen LogP contribution in [0.5, 0.6) is 5.75 Å². The molecule has 1 aliphatic heterocycles. The first-order valence-electron chi connectivity index (χ1n) is 8.39. The van der Waals surface area contributed by atoms with Gasteiger partial charge >= 0.3 is 0 Å². The molecule has 1 aliphatic rings. The Morgan fingerprint density at radius 1 is 1.38 bits per heavy atom. The molecular formula is C17H23N3O4S2. The van der Waals surface area contributed by atoms with E-state index in [1.165, 1.54) is 21.9 Å². The average Bonchev–Trinajstić information content (AvgIpc) is 2.93. The van der Waals surface area contributed by atoms with Gasteiger partial charge in [0, 0.05) is 20.1 Å². The van der Waals surface area contributed by atoms with Gasteiger partial charge in [0.1, 0.15) is 11.3 Å². The van der Waals surface area contributed by atoms with E-state index in [-0.39, 0.29) is 12.5 Å². The van der Waals surface area contributed by atoms with Crippen molar-refractivity contribution < 1.29 is 17.9 Å². The van der Waals surface area contributed by atoms with Crippen LogP contribution in [-0.2, 0) is 21.9 Å². The van der Waals surface area contributed by atoms with Crippen molar-refractivity contribution in [3.05, 3.63) is 22.5 Å². The molecule has 3 rings (SSSR count). The number of carbonyl (C=O) groups is 1. The summed E-state index contributed by atoms with van der Waals surface area (Å²) in [5, 5.41) is 0. The predicted molar refractivity (Wildman–Crippen MR) is 102 cm³/mol. The Balaban J connectivity index is 1.98. The normalized spacial score (nSPS) is 19.8. The summed E-state index contributed by atoms with van der Waals surface area (Å²) in [6.07, 6.45) is 2.51. The first-order valence-corrected chi connectivity index (χ1v) is 11.1. The standard InChI is InChI=1S/C17H23N3O4S2/c1-11-7-8-13(24-3)14-15(11)25-17(19(14)2)18-16(21)12-6-5-9-20(10-12)26(4,22)23/h7-8,12H,5-6,9-10H2,1-4H3. The van der Waals surface area contributed by atoms with Crippen molar-refractivity contribution in [2.45, 2.75) is 19.8 Å². The summed E-state index contributed by atoms with van der Waals surface area (Å²) in [4.78, 5) is 17.6. The monoisotopic (exact) mass is 397 g/mol. The van der Waals surface area contributed by atoms with E-state index in [0.29, 0.717) is 24.2 Å². The van der Waals surface area contributed by atoms with Crippen molar-refractivity contribution in [3.8, 4) is 5.75 Å². The Morgan fingerprint density at radius 3 is 2.77 bits per heavy atom. The summed E-state index contributed by atoms with van der Waals surface area (Å²) in [6, 6.07) is 3.88. The van der Waals surface area contributed by atoms with Gasteiger partial charge in [-0.15, -0.1) is 0 Å². The van der Waals surface area contributed by atoms with Gasteiger partial charge in [0.15, 0.2) is 4.80 Å². The third-order valence-corrected chi connectivity index (χ3v) is 7.27. The van der Waals surface area contributed by atoms with Gasteiger partial charge in [-0.25, -0.2) is 12.7 Å². The van der Waals surface area contributed by atoms with Gasteiger partial charge in [-0.3, -0.25) is 4.79 Å². The van der Waals surface area contributed by atoms with Gasteiger partial charge in [-0.05, 0) is 31.4 Å². The van der Waals surface area contributed by atoms with Crippen molar-refractivity contribution in [1.82, 2.24) is 8.87 Å². The number of nitrogens with zero attached hydrogens (tertiary/aromatic N) is 3. The van der Waals surface area contributed by atoms with Crippen molar-refractivity contribution in [2.75, 3.05) is 26.5 Å². The smallest absolute Gasteiger partial charge is 0.252 e. The van der Waals surface area contributed by atoms with E-state index in [4.69, 9.17) is 4.74 Å². The minimum absolute atomic E-state index is 0.206. The maximum absolute atomic E-state index is 12.7. The fourth-order valence-electron chi connectivity index (χ4n) is 3.25. The Bertz CT molecular complexity index is 1020. The lowest BCUT2D eigenvalue weighted by molar-refractivity contribution is -0.122. The van der Waals surface area contributed by atoms with E-state index < -0.39 is 15.9 Å². The Labute approximate surface area is 157 Å². The molecule has 1 aromatic heterocycles. The molecule has 0 spiro atoms. The summed E-state index contributed by atoms with van der Waals surface area (Å²) in [6.45, 7) is 2.68. The van der Waals surface area contributed by atoms with Crippen LogP contribution < -0.4 is 9.54 Å². The van der Waals surface area contributed by atoms with E-state index >= 15 is 0 Å². The number of aromatic nitrogens is 1. The molecule has 0 N–H and O–H groups in total. The van der Waals surface area contributed by atoms with E-state index in [2.05, 4.69) is 4.99 Å². The lowest BCUT2D eigenvalue weighted by Crippen LogP contribution is -2.41. The summed E-state index contributed by atoms with van der Waals surface area (Å²) >= 11 is 1.44. The highest BCUT2D eigenvalue weighted by molar-refractivity contribution is 7.88. The van der Waals surface area contributed by atoms with Crippen molar-refractivity contribution in [2.24, 2.45) is 18.0 Å². The molecule has 1 unspecified atom stereocenters. The molecule has 142 valence electrons. The first kappa shape index (κ1) is 19.1. The molecule has 26 heavy (non-hydrogen) atoms. The maximum atomic E-state index is 12.7. The molecule has 2 aromatic rings. The topological polar surface area (TPSA) is 81.0 Å². The van der Waals surface area contributed by atoms with Crippen LogP contribution in [0.2, 0.25) is 0 Å². The number of sulfonamides is 1. The number of thiazole rings is 1. The van der Waals surface area contributed by atoms with E-state index in [1.807, 2.05) is 30.7 Å². The third kappa shape index (κ3) is 3.56. The van der Waals surface area contributed by atoms with Crippen LogP contribution >= 0.6 is 11.3 Å². The number of aryl methyl sites for hydroxylation is 2. The van der Waals surface area contributed by atoms with Crippen LogP contribution in [0, 0.1) is 12.8 Å². The molecule has 0 bridgehead atoms. The van der Waals surface area contributed by atoms with Gasteiger partial charge in [0.2, 0.25) is 10.0 Å². The van der Waals surface area contributed by atoms with Gasteiger partial charge < -0.3 is 9.30 Å². The van der Waals surface area contributed by atoms with Crippen molar-refractivity contribution in [1.29, 1.82) is 0 Å². The Morgan fingerprint density at radius 2 is 2.12 bits per heavy atom. The number of ether oxygens (including phenoxy) is 1. The van der Waals surface area contributed by atoms with Crippen LogP contribution in [0.3, 0.4) is 0 Å². The molecule has 7 nitrogen and oxygen atoms in total. The van der Waals surface area contributed by atoms with Gasteiger partial charge in [-0.2, -0.15) is 4.99 Å². The summed E-state index contributed by atoms with van der Waals surface area (Å²) in [5.41, 5.74) is 2.00. The number of hydrogen-bond acceptors (Lipinski definition) is 5. The van der Waals surface area contributed by atoms with E-state index in [0.717, 1.165) is 21.5 Å². The molecule has 1 aromatic carbocycles. The van der Waals surface area contributed by atoms with Crippen LogP contribution in [-0.4, -0.2) is 49.7 Å². The highest BCUT2D eigenvalue weighted by Gasteiger charge is 2.30. The fraction of sp³-hybridized carbons (Fsp3) is 0.529. The van der Waals surface area contributed by atoms with Crippen molar-refractivity contribution in [3.63, 3.8) is 0 Å². The summed E-state index contributed by atoms with van der Waals surface area (Å²) in [5.74, 6) is 0.0722. The minimum atomic E-state index is -3.29. The molecule has 9 heteroatoms. The second kappa shape index (κ2) is 7.13. The van der Waals surface area contributed by atoms with Crippen LogP contribution in [0.1, 0.15) is 18.4 Å². The Hall–Kier alpha value is -1.71. The average molecular weight is 398 g/mol. The van der Waals surface area contributed by atoms with Crippen LogP contribution in [0.4, 0.5) is 0 Å². The molecule has 1 fully saturated rings. The predicted octanol–water partition coefficient (Wildman–Crippen LogP) is 1.66. The zero-order chi connectivity index (χ0) is 19.1. The lowest BCUT2D eigenvalue weighted by Gasteiger charge is -2.28. The molecular weight excluding hydrogens is 374 g/mol. The third-order valence-electron chi connectivity index (χ3n) is 4.74. The van der Waals surface area contributed by atoms with Crippen LogP contribution in [0.25, 0.3) is 10.2 Å². The number of rotatable bonds is 3. The first-order chi connectivity index (χ1) is 12.2. The zero-order valence-electron chi connectivity index (χ0n) is 15.4. The molecule has 1 saturated heterocycles. The molecule has 0 aliphatic carbocycles. The number of hydrogen-bond donors (Lipinski definition) is 0. The zero-order valence-corrected chi connectivity index (χ0v) is 17.0. The molecule has 0 saturated carbocycles. The SMILES string of the molecule is COc1ccc(C)c2sc(=NC(=O)C3CCCN(S(C)(=O)=O)C3)n(C)c12. The molecule has 1 amide bonds. The van der Waals surface area contributed by atoms with E-state index in [1.54, 1.807) is 7.11 Å². The highest BCUT2D eigenvalue weighted by Crippen LogP contribution is 2.29. The Kier molecular flexibility index (Phi) is 5.23. The second-order valence-corrected chi connectivity index (χ2v) is 9.58. The quantitative estimate of drug-likeness (QED) is 0.789. The molecule has 1 atom stereocenters. The summed E-state index contributed by atoms with van der Waals surface area (Å²) in [7, 11) is 0.186. The molecule has 0 radical (unpaired) electrons. The summed E-state index contributed by atoms with van der Waals surface area (Å²) < 4.78 is 33.2. The fourth-order valence-corrected chi connectivity index (χ4v) is 5.27. The number of amides is 1. The van der Waals surface area contributed by atoms with Gasteiger partial charge in [0.25, 0.3) is 5.91 Å². The molecule has 2 heterocycles.